The largest absolute Gasteiger partial charge is 0.312 e. The fourth-order valence-corrected chi connectivity index (χ4v) is 2.47. The van der Waals surface area contributed by atoms with Gasteiger partial charge >= 0.3 is 0 Å². The lowest BCUT2D eigenvalue weighted by Gasteiger charge is -2.24. The zero-order valence-electron chi connectivity index (χ0n) is 12.6. The number of hydrogen-bond acceptors (Lipinski definition) is 2. The smallest absolute Gasteiger partial charge is 0.251 e. The molecule has 1 atom stereocenters. The van der Waals surface area contributed by atoms with E-state index in [1.165, 1.54) is 0 Å². The van der Waals surface area contributed by atoms with Gasteiger partial charge in [-0.15, -0.1) is 0 Å². The fraction of sp³-hybridized carbons (Fsp3) is 0.471. The van der Waals surface area contributed by atoms with Crippen molar-refractivity contribution in [3.63, 3.8) is 0 Å². The molecule has 0 spiro atoms. The third kappa shape index (κ3) is 3.28. The Morgan fingerprint density at radius 1 is 1.15 bits per heavy atom. The van der Waals surface area contributed by atoms with Crippen LogP contribution in [-0.2, 0) is 6.54 Å². The maximum Gasteiger partial charge on any atom is 0.251 e. The molecule has 3 heteroatoms. The van der Waals surface area contributed by atoms with Crippen molar-refractivity contribution in [3.05, 3.63) is 46.8 Å². The molecule has 0 aliphatic carbocycles. The maximum atomic E-state index is 12.2. The molecule has 1 heterocycles. The molecule has 0 amide bonds. The van der Waals surface area contributed by atoms with Gasteiger partial charge in [0.1, 0.15) is 0 Å². The van der Waals surface area contributed by atoms with Gasteiger partial charge in [0.05, 0.1) is 5.52 Å². The number of fused-ring (bicyclic) bond motifs is 1. The second kappa shape index (κ2) is 6.71. The molecule has 1 aromatic carbocycles. The van der Waals surface area contributed by atoms with Crippen molar-refractivity contribution in [3.8, 4) is 0 Å². The van der Waals surface area contributed by atoms with E-state index in [-0.39, 0.29) is 5.56 Å². The number of benzene rings is 1. The van der Waals surface area contributed by atoms with Crippen LogP contribution in [0.3, 0.4) is 0 Å². The van der Waals surface area contributed by atoms with Gasteiger partial charge in [0.25, 0.3) is 5.56 Å². The van der Waals surface area contributed by atoms with Crippen LogP contribution in [0, 0.1) is 5.92 Å². The van der Waals surface area contributed by atoms with Gasteiger partial charge in [-0.2, -0.15) is 0 Å². The van der Waals surface area contributed by atoms with Gasteiger partial charge < -0.3 is 9.88 Å². The predicted octanol–water partition coefficient (Wildman–Crippen LogP) is 3.03. The molecule has 0 fully saturated rings. The van der Waals surface area contributed by atoms with Gasteiger partial charge in [-0.3, -0.25) is 4.79 Å². The number of pyridine rings is 1. The van der Waals surface area contributed by atoms with Gasteiger partial charge in [-0.25, -0.2) is 0 Å². The van der Waals surface area contributed by atoms with Crippen LogP contribution < -0.4 is 10.9 Å². The van der Waals surface area contributed by atoms with Gasteiger partial charge in [0.2, 0.25) is 0 Å². The topological polar surface area (TPSA) is 34.0 Å². The Bertz CT molecular complexity index is 616. The molecule has 108 valence electrons. The van der Waals surface area contributed by atoms with Crippen molar-refractivity contribution in [2.45, 2.75) is 39.8 Å². The Hall–Kier alpha value is -1.61. The Morgan fingerprint density at radius 3 is 2.60 bits per heavy atom. The van der Waals surface area contributed by atoms with Crippen molar-refractivity contribution in [1.82, 2.24) is 9.88 Å². The first kappa shape index (κ1) is 14.8. The summed E-state index contributed by atoms with van der Waals surface area (Å²) in [6, 6.07) is 12.0. The molecule has 0 bridgehead atoms. The molecule has 3 nitrogen and oxygen atoms in total. The summed E-state index contributed by atoms with van der Waals surface area (Å²) in [5, 5.41) is 4.67. The minimum absolute atomic E-state index is 0.0765. The summed E-state index contributed by atoms with van der Waals surface area (Å²) in [5.41, 5.74) is 1.09. The number of nitrogens with one attached hydrogen (secondary N) is 1. The first-order chi connectivity index (χ1) is 9.63. The Balaban J connectivity index is 2.36. The van der Waals surface area contributed by atoms with Gasteiger partial charge in [0, 0.05) is 18.7 Å². The molecule has 0 aliphatic heterocycles. The highest BCUT2D eigenvalue weighted by atomic mass is 16.1. The molecule has 1 unspecified atom stereocenters. The highest BCUT2D eigenvalue weighted by molar-refractivity contribution is 5.78. The summed E-state index contributed by atoms with van der Waals surface area (Å²) in [6.45, 7) is 8.27. The zero-order chi connectivity index (χ0) is 14.5. The minimum Gasteiger partial charge on any atom is -0.312 e. The Labute approximate surface area is 120 Å². The van der Waals surface area contributed by atoms with Crippen LogP contribution in [0.5, 0.6) is 0 Å². The molecule has 2 aromatic rings. The van der Waals surface area contributed by atoms with Crippen molar-refractivity contribution < 1.29 is 0 Å². The highest BCUT2D eigenvalue weighted by Gasteiger charge is 2.14. The Kier molecular flexibility index (Phi) is 4.96. The summed E-state index contributed by atoms with van der Waals surface area (Å²) >= 11 is 0. The van der Waals surface area contributed by atoms with Gasteiger partial charge in [-0.1, -0.05) is 39.0 Å². The monoisotopic (exact) mass is 272 g/mol. The number of hydrogen-bond donors (Lipinski definition) is 1. The maximum absolute atomic E-state index is 12.2. The normalized spacial score (nSPS) is 13.0. The molecule has 20 heavy (non-hydrogen) atoms. The van der Waals surface area contributed by atoms with Gasteiger partial charge in [0.15, 0.2) is 0 Å². The van der Waals surface area contributed by atoms with Crippen molar-refractivity contribution in [2.24, 2.45) is 5.92 Å². The number of nitrogens with zero attached hydrogens (tertiary/aromatic N) is 1. The summed E-state index contributed by atoms with van der Waals surface area (Å²) in [4.78, 5) is 12.2. The third-order valence-electron chi connectivity index (χ3n) is 3.74. The number of rotatable bonds is 6. The molecule has 0 saturated carbocycles. The number of aromatic nitrogens is 1. The highest BCUT2D eigenvalue weighted by Crippen LogP contribution is 2.13. The van der Waals surface area contributed by atoms with E-state index in [1.807, 2.05) is 28.8 Å². The second-order valence-electron chi connectivity index (χ2n) is 5.65. The molecule has 1 aromatic heterocycles. The molecule has 1 N–H and O–H groups in total. The molecular formula is C17H24N2O. The number of para-hydroxylation sites is 1. The lowest BCUT2D eigenvalue weighted by Crippen LogP contribution is -2.40. The van der Waals surface area contributed by atoms with E-state index in [9.17, 15) is 4.79 Å². The average molecular weight is 272 g/mol. The fourth-order valence-electron chi connectivity index (χ4n) is 2.47. The van der Waals surface area contributed by atoms with Crippen LogP contribution in [0.4, 0.5) is 0 Å². The minimum atomic E-state index is 0.0765. The van der Waals surface area contributed by atoms with E-state index in [0.29, 0.717) is 12.0 Å². The average Bonchev–Trinajstić information content (AvgIpc) is 2.45. The standard InChI is InChI=1S/C17H24N2O/c1-4-11-18-15(13(2)3)12-19-16-8-6-5-7-14(16)9-10-17(19)20/h5-10,13,15,18H,4,11-12H2,1-3H3. The second-order valence-corrected chi connectivity index (χ2v) is 5.65. The van der Waals surface area contributed by atoms with E-state index in [2.05, 4.69) is 32.2 Å². The summed E-state index contributed by atoms with van der Waals surface area (Å²) in [5.74, 6) is 0.493. The van der Waals surface area contributed by atoms with E-state index in [4.69, 9.17) is 0 Å². The first-order valence-electron chi connectivity index (χ1n) is 7.45. The van der Waals surface area contributed by atoms with E-state index in [1.54, 1.807) is 6.07 Å². The quantitative estimate of drug-likeness (QED) is 0.877. The van der Waals surface area contributed by atoms with Gasteiger partial charge in [-0.05, 0) is 36.4 Å². The van der Waals surface area contributed by atoms with Crippen molar-refractivity contribution >= 4 is 10.9 Å². The van der Waals surface area contributed by atoms with Crippen LogP contribution in [0.15, 0.2) is 41.2 Å². The third-order valence-corrected chi connectivity index (χ3v) is 3.74. The van der Waals surface area contributed by atoms with Crippen molar-refractivity contribution in [1.29, 1.82) is 0 Å². The van der Waals surface area contributed by atoms with Crippen molar-refractivity contribution in [2.75, 3.05) is 6.54 Å². The molecular weight excluding hydrogens is 248 g/mol. The molecule has 2 rings (SSSR count). The lowest BCUT2D eigenvalue weighted by molar-refractivity contribution is 0.356. The predicted molar refractivity (Wildman–Crippen MR) is 85.1 cm³/mol. The van der Waals surface area contributed by atoms with E-state index in [0.717, 1.165) is 30.4 Å². The first-order valence-corrected chi connectivity index (χ1v) is 7.45. The van der Waals surface area contributed by atoms with Crippen LogP contribution in [-0.4, -0.2) is 17.2 Å². The Morgan fingerprint density at radius 2 is 1.90 bits per heavy atom. The SMILES string of the molecule is CCCNC(Cn1c(=O)ccc2ccccc21)C(C)C. The van der Waals surface area contributed by atoms with E-state index >= 15 is 0 Å². The molecule has 0 saturated heterocycles. The zero-order valence-corrected chi connectivity index (χ0v) is 12.6. The van der Waals surface area contributed by atoms with Crippen LogP contribution in [0.1, 0.15) is 27.2 Å². The van der Waals surface area contributed by atoms with Crippen LogP contribution in [0.25, 0.3) is 10.9 Å². The summed E-state index contributed by atoms with van der Waals surface area (Å²) in [7, 11) is 0. The summed E-state index contributed by atoms with van der Waals surface area (Å²) in [6.07, 6.45) is 1.10. The van der Waals surface area contributed by atoms with Crippen LogP contribution >= 0.6 is 0 Å². The molecule has 0 aliphatic rings. The van der Waals surface area contributed by atoms with Crippen LogP contribution in [0.2, 0.25) is 0 Å². The molecule has 0 radical (unpaired) electrons. The van der Waals surface area contributed by atoms with E-state index < -0.39 is 0 Å². The summed E-state index contributed by atoms with van der Waals surface area (Å²) < 4.78 is 1.89. The lowest BCUT2D eigenvalue weighted by atomic mass is 10.0.